The molecule has 0 unspecified atom stereocenters. The van der Waals surface area contributed by atoms with Crippen molar-refractivity contribution < 1.29 is 17.9 Å². The monoisotopic (exact) mass is 286 g/mol. The maximum atomic E-state index is 12.2. The molecule has 0 amide bonds. The van der Waals surface area contributed by atoms with Gasteiger partial charge in [-0.2, -0.15) is 5.10 Å². The van der Waals surface area contributed by atoms with E-state index in [2.05, 4.69) is 14.8 Å². The Kier molecular flexibility index (Phi) is 3.56. The number of nitrogen functional groups attached to an aromatic ring is 1. The summed E-state index contributed by atoms with van der Waals surface area (Å²) < 4.78 is 42.2. The highest BCUT2D eigenvalue weighted by molar-refractivity contribution is 5.63. The molecular weight excluding hydrogens is 273 g/mol. The van der Waals surface area contributed by atoms with Gasteiger partial charge < -0.3 is 10.5 Å². The molecule has 2 aromatic heterocycles. The number of aromatic nitrogens is 3. The average molecular weight is 286 g/mol. The van der Waals surface area contributed by atoms with E-state index < -0.39 is 12.1 Å². The average Bonchev–Trinajstić information content (AvgIpc) is 2.79. The molecule has 0 aliphatic heterocycles. The topological polar surface area (TPSA) is 66.0 Å². The summed E-state index contributed by atoms with van der Waals surface area (Å²) in [6.07, 6.45) is -1.72. The van der Waals surface area contributed by atoms with E-state index in [9.17, 15) is 13.2 Å². The minimum absolute atomic E-state index is 0.149. The summed E-state index contributed by atoms with van der Waals surface area (Å²) in [4.78, 5) is 3.70. The highest BCUT2D eigenvalue weighted by Crippen LogP contribution is 2.30. The first-order valence-corrected chi connectivity index (χ1v) is 5.83. The van der Waals surface area contributed by atoms with Crippen LogP contribution in [0.3, 0.4) is 0 Å². The van der Waals surface area contributed by atoms with E-state index in [0.29, 0.717) is 11.3 Å². The first-order valence-electron chi connectivity index (χ1n) is 5.83. The van der Waals surface area contributed by atoms with Crippen molar-refractivity contribution in [1.29, 1.82) is 0 Å². The quantitative estimate of drug-likeness (QED) is 0.942. The lowest BCUT2D eigenvalue weighted by Crippen LogP contribution is -2.18. The van der Waals surface area contributed by atoms with Crippen LogP contribution in [0, 0.1) is 0 Å². The number of rotatable bonds is 3. The molecule has 2 aromatic rings. The highest BCUT2D eigenvalue weighted by atomic mass is 19.4. The van der Waals surface area contributed by atoms with Crippen molar-refractivity contribution in [1.82, 2.24) is 14.8 Å². The van der Waals surface area contributed by atoms with E-state index in [-0.39, 0.29) is 11.9 Å². The van der Waals surface area contributed by atoms with Gasteiger partial charge >= 0.3 is 6.36 Å². The molecule has 0 saturated carbocycles. The fourth-order valence-electron chi connectivity index (χ4n) is 1.58. The summed E-state index contributed by atoms with van der Waals surface area (Å²) in [5.41, 5.74) is 6.27. The Balaban J connectivity index is 2.35. The van der Waals surface area contributed by atoms with Crippen molar-refractivity contribution in [3.63, 3.8) is 0 Å². The van der Waals surface area contributed by atoms with Crippen LogP contribution in [0.4, 0.5) is 19.0 Å². The van der Waals surface area contributed by atoms with Gasteiger partial charge in [-0.15, -0.1) is 13.2 Å². The van der Waals surface area contributed by atoms with Gasteiger partial charge in [0.15, 0.2) is 11.6 Å². The molecule has 0 fully saturated rings. The Bertz CT molecular complexity index is 607. The van der Waals surface area contributed by atoms with Gasteiger partial charge in [-0.3, -0.25) is 4.68 Å². The van der Waals surface area contributed by atoms with Crippen LogP contribution in [0.25, 0.3) is 11.3 Å². The van der Waals surface area contributed by atoms with Gasteiger partial charge in [0, 0.05) is 24.0 Å². The lowest BCUT2D eigenvalue weighted by molar-refractivity contribution is -0.274. The smallest absolute Gasteiger partial charge is 0.402 e. The van der Waals surface area contributed by atoms with Crippen LogP contribution in [0.15, 0.2) is 24.5 Å². The van der Waals surface area contributed by atoms with Crippen LogP contribution in [0.5, 0.6) is 5.75 Å². The molecule has 2 heterocycles. The third-order valence-electron chi connectivity index (χ3n) is 2.54. The lowest BCUT2D eigenvalue weighted by Gasteiger charge is -2.11. The number of pyridine rings is 1. The minimum Gasteiger partial charge on any atom is -0.402 e. The number of anilines is 1. The van der Waals surface area contributed by atoms with Crippen LogP contribution >= 0.6 is 0 Å². The third kappa shape index (κ3) is 3.19. The van der Waals surface area contributed by atoms with Gasteiger partial charge in [0.05, 0.1) is 5.69 Å². The zero-order valence-electron chi connectivity index (χ0n) is 10.8. The fourth-order valence-corrected chi connectivity index (χ4v) is 1.58. The molecule has 20 heavy (non-hydrogen) atoms. The number of nitrogens with two attached hydrogens (primary N) is 1. The number of nitrogens with zero attached hydrogens (tertiary/aromatic N) is 3. The first kappa shape index (κ1) is 14.2. The number of hydrogen-bond donors (Lipinski definition) is 1. The molecule has 2 N–H and O–H groups in total. The summed E-state index contributed by atoms with van der Waals surface area (Å²) in [7, 11) is 0. The van der Waals surface area contributed by atoms with Crippen LogP contribution < -0.4 is 10.5 Å². The van der Waals surface area contributed by atoms with E-state index >= 15 is 0 Å². The van der Waals surface area contributed by atoms with E-state index in [1.807, 2.05) is 13.8 Å². The number of ether oxygens (including phenoxy) is 1. The Morgan fingerprint density at radius 1 is 1.35 bits per heavy atom. The van der Waals surface area contributed by atoms with E-state index in [0.717, 1.165) is 0 Å². The third-order valence-corrected chi connectivity index (χ3v) is 2.54. The Morgan fingerprint density at radius 3 is 2.60 bits per heavy atom. The maximum Gasteiger partial charge on any atom is 0.573 e. The molecule has 0 aromatic carbocycles. The van der Waals surface area contributed by atoms with Crippen LogP contribution in [0.2, 0.25) is 0 Å². The molecule has 8 heteroatoms. The zero-order chi connectivity index (χ0) is 14.9. The first-order chi connectivity index (χ1) is 9.26. The normalized spacial score (nSPS) is 11.9. The second-order valence-corrected chi connectivity index (χ2v) is 4.43. The molecule has 0 spiro atoms. The molecule has 0 bridgehead atoms. The Hall–Kier alpha value is -2.25. The molecule has 0 atom stereocenters. The Morgan fingerprint density at radius 2 is 2.05 bits per heavy atom. The summed E-state index contributed by atoms with van der Waals surface area (Å²) in [5.74, 6) is -0.858. The van der Waals surface area contributed by atoms with Crippen molar-refractivity contribution >= 4 is 5.82 Å². The van der Waals surface area contributed by atoms with Gasteiger partial charge in [-0.1, -0.05) is 0 Å². The van der Waals surface area contributed by atoms with Crippen molar-refractivity contribution in [3.8, 4) is 17.0 Å². The largest absolute Gasteiger partial charge is 0.573 e. The summed E-state index contributed by atoms with van der Waals surface area (Å²) in [6, 6.07) is 3.00. The maximum absolute atomic E-state index is 12.2. The Labute approximate surface area is 113 Å². The molecule has 108 valence electrons. The summed E-state index contributed by atoms with van der Waals surface area (Å²) >= 11 is 0. The fraction of sp³-hybridized carbons (Fsp3) is 0.333. The lowest BCUT2D eigenvalue weighted by atomic mass is 10.2. The summed E-state index contributed by atoms with van der Waals surface area (Å²) in [5, 5.41) is 4.25. The van der Waals surface area contributed by atoms with Crippen LogP contribution in [0.1, 0.15) is 19.9 Å². The molecule has 0 radical (unpaired) electrons. The number of halogens is 3. The summed E-state index contributed by atoms with van der Waals surface area (Å²) in [6.45, 7) is 3.88. The predicted octanol–water partition coefficient (Wildman–Crippen LogP) is 3.01. The minimum atomic E-state index is -4.81. The van der Waals surface area contributed by atoms with Crippen molar-refractivity contribution in [3.05, 3.63) is 24.5 Å². The van der Waals surface area contributed by atoms with Crippen molar-refractivity contribution in [2.24, 2.45) is 0 Å². The number of hydrogen-bond acceptors (Lipinski definition) is 4. The SMILES string of the molecule is CC(C)n1ccc(-c2cnc(N)c(OC(F)(F)F)c2)n1. The predicted molar refractivity (Wildman–Crippen MR) is 66.9 cm³/mol. The van der Waals surface area contributed by atoms with Gasteiger partial charge in [-0.05, 0) is 26.0 Å². The molecule has 0 aliphatic rings. The van der Waals surface area contributed by atoms with Crippen LogP contribution in [-0.4, -0.2) is 21.1 Å². The zero-order valence-corrected chi connectivity index (χ0v) is 10.8. The number of alkyl halides is 3. The van der Waals surface area contributed by atoms with Gasteiger partial charge in [0.1, 0.15) is 0 Å². The van der Waals surface area contributed by atoms with E-state index in [1.54, 1.807) is 16.9 Å². The van der Waals surface area contributed by atoms with Crippen molar-refractivity contribution in [2.75, 3.05) is 5.73 Å². The molecule has 0 saturated heterocycles. The van der Waals surface area contributed by atoms with Gasteiger partial charge in [0.2, 0.25) is 0 Å². The second-order valence-electron chi connectivity index (χ2n) is 4.43. The molecule has 5 nitrogen and oxygen atoms in total. The highest BCUT2D eigenvalue weighted by Gasteiger charge is 2.32. The van der Waals surface area contributed by atoms with Gasteiger partial charge in [-0.25, -0.2) is 4.98 Å². The second kappa shape index (κ2) is 5.03. The van der Waals surface area contributed by atoms with E-state index in [4.69, 9.17) is 5.73 Å². The van der Waals surface area contributed by atoms with E-state index in [1.165, 1.54) is 12.3 Å². The molecule has 2 rings (SSSR count). The van der Waals surface area contributed by atoms with Crippen molar-refractivity contribution in [2.45, 2.75) is 26.3 Å². The molecule has 0 aliphatic carbocycles. The van der Waals surface area contributed by atoms with Gasteiger partial charge in [0.25, 0.3) is 0 Å². The standard InChI is InChI=1S/C12H13F3N4O/c1-7(2)19-4-3-9(18-19)8-5-10(11(16)17-6-8)20-12(13,14)15/h3-7H,1-2H3,(H2,16,17). The molecular formula is C12H13F3N4O. The van der Waals surface area contributed by atoms with Crippen LogP contribution in [-0.2, 0) is 0 Å².